The molecule has 1 heterocycles. The number of ether oxygens (including phenoxy) is 2. The van der Waals surface area contributed by atoms with E-state index in [9.17, 15) is 0 Å². The van der Waals surface area contributed by atoms with E-state index in [2.05, 4.69) is 22.4 Å². The summed E-state index contributed by atoms with van der Waals surface area (Å²) in [5.74, 6) is 1.55. The number of nitrogens with one attached hydrogen (secondary N) is 1. The van der Waals surface area contributed by atoms with Gasteiger partial charge in [-0.3, -0.25) is 0 Å². The molecule has 20 heavy (non-hydrogen) atoms. The molecule has 4 nitrogen and oxygen atoms in total. The second-order valence-electron chi connectivity index (χ2n) is 4.39. The molecule has 0 radical (unpaired) electrons. The normalized spacial score (nSPS) is 10.3. The number of methoxy groups -OCH3 is 1. The molecule has 2 aromatic rings. The average Bonchev–Trinajstić information content (AvgIpc) is 2.50. The monoisotopic (exact) mass is 272 g/mol. The quantitative estimate of drug-likeness (QED) is 0.841. The van der Waals surface area contributed by atoms with Gasteiger partial charge in [-0.05, 0) is 30.2 Å². The van der Waals surface area contributed by atoms with E-state index in [0.29, 0.717) is 12.5 Å². The first kappa shape index (κ1) is 14.3. The summed E-state index contributed by atoms with van der Waals surface area (Å²) in [4.78, 5) is 4.18. The molecular weight excluding hydrogens is 252 g/mol. The number of hydrogen-bond acceptors (Lipinski definition) is 4. The van der Waals surface area contributed by atoms with Gasteiger partial charge >= 0.3 is 0 Å². The fraction of sp³-hybridized carbons (Fsp3) is 0.312. The molecule has 0 aliphatic carbocycles. The molecule has 1 aromatic carbocycles. The zero-order chi connectivity index (χ0) is 14.2. The van der Waals surface area contributed by atoms with Crippen molar-refractivity contribution in [3.05, 3.63) is 53.7 Å². The van der Waals surface area contributed by atoms with Crippen molar-refractivity contribution in [2.24, 2.45) is 0 Å². The van der Waals surface area contributed by atoms with Gasteiger partial charge in [0.05, 0.1) is 13.7 Å². The first-order valence-corrected chi connectivity index (χ1v) is 6.73. The lowest BCUT2D eigenvalue weighted by molar-refractivity contribution is 0.340. The zero-order valence-electron chi connectivity index (χ0n) is 11.9. The van der Waals surface area contributed by atoms with Crippen LogP contribution in [0.5, 0.6) is 11.6 Å². The number of nitrogens with zero attached hydrogens (tertiary/aromatic N) is 1. The third-order valence-electron chi connectivity index (χ3n) is 2.90. The molecular formula is C16H20N2O2. The molecule has 106 valence electrons. The minimum atomic E-state index is 0.639. The van der Waals surface area contributed by atoms with Crippen LogP contribution in [0.2, 0.25) is 0 Å². The summed E-state index contributed by atoms with van der Waals surface area (Å²) in [6, 6.07) is 12.0. The van der Waals surface area contributed by atoms with E-state index in [1.807, 2.05) is 37.4 Å². The molecule has 2 rings (SSSR count). The van der Waals surface area contributed by atoms with Crippen LogP contribution in [0.3, 0.4) is 0 Å². The van der Waals surface area contributed by atoms with Gasteiger partial charge in [0, 0.05) is 25.4 Å². The Labute approximate surface area is 119 Å². The number of aromatic nitrogens is 1. The third kappa shape index (κ3) is 4.24. The molecule has 0 atom stereocenters. The predicted molar refractivity (Wildman–Crippen MR) is 78.9 cm³/mol. The van der Waals surface area contributed by atoms with Crippen LogP contribution in [0, 0.1) is 0 Å². The maximum Gasteiger partial charge on any atom is 0.212 e. The van der Waals surface area contributed by atoms with Gasteiger partial charge in [-0.25, -0.2) is 4.98 Å². The predicted octanol–water partition coefficient (Wildman–Crippen LogP) is 2.78. The van der Waals surface area contributed by atoms with E-state index >= 15 is 0 Å². The lowest BCUT2D eigenvalue weighted by Crippen LogP contribution is -2.12. The van der Waals surface area contributed by atoms with Crippen molar-refractivity contribution in [3.8, 4) is 11.6 Å². The Kier molecular flexibility index (Phi) is 5.38. The summed E-state index contributed by atoms with van der Waals surface area (Å²) in [5.41, 5.74) is 2.37. The summed E-state index contributed by atoms with van der Waals surface area (Å²) in [6.45, 7) is 4.28. The van der Waals surface area contributed by atoms with Gasteiger partial charge in [0.15, 0.2) is 0 Å². The maximum absolute atomic E-state index is 5.42. The van der Waals surface area contributed by atoms with Gasteiger partial charge in [0.1, 0.15) is 5.75 Å². The lowest BCUT2D eigenvalue weighted by Gasteiger charge is -2.07. The van der Waals surface area contributed by atoms with Crippen molar-refractivity contribution < 1.29 is 9.47 Å². The highest BCUT2D eigenvalue weighted by Crippen LogP contribution is 2.12. The Hall–Kier alpha value is -2.07. The Morgan fingerprint density at radius 2 is 1.70 bits per heavy atom. The molecule has 0 unspecified atom stereocenters. The number of benzene rings is 1. The SMILES string of the molecule is CCOc1ccc(CNCc2ccc(OC)nc2)cc1. The molecule has 0 aliphatic rings. The van der Waals surface area contributed by atoms with Gasteiger partial charge in [0.25, 0.3) is 0 Å². The van der Waals surface area contributed by atoms with Gasteiger partial charge < -0.3 is 14.8 Å². The minimum absolute atomic E-state index is 0.639. The first-order chi connectivity index (χ1) is 9.81. The minimum Gasteiger partial charge on any atom is -0.494 e. The van der Waals surface area contributed by atoms with E-state index in [4.69, 9.17) is 9.47 Å². The number of rotatable bonds is 7. The lowest BCUT2D eigenvalue weighted by atomic mass is 10.2. The van der Waals surface area contributed by atoms with Crippen LogP contribution in [0.4, 0.5) is 0 Å². The summed E-state index contributed by atoms with van der Waals surface area (Å²) >= 11 is 0. The van der Waals surface area contributed by atoms with Crippen LogP contribution in [0.15, 0.2) is 42.6 Å². The van der Waals surface area contributed by atoms with Crippen molar-refractivity contribution in [2.45, 2.75) is 20.0 Å². The van der Waals surface area contributed by atoms with Crippen LogP contribution >= 0.6 is 0 Å². The van der Waals surface area contributed by atoms with E-state index in [0.717, 1.165) is 24.4 Å². The Morgan fingerprint density at radius 3 is 2.30 bits per heavy atom. The van der Waals surface area contributed by atoms with Crippen molar-refractivity contribution in [3.63, 3.8) is 0 Å². The maximum atomic E-state index is 5.42. The van der Waals surface area contributed by atoms with Crippen molar-refractivity contribution in [1.29, 1.82) is 0 Å². The van der Waals surface area contributed by atoms with Crippen molar-refractivity contribution in [2.75, 3.05) is 13.7 Å². The smallest absolute Gasteiger partial charge is 0.212 e. The summed E-state index contributed by atoms with van der Waals surface area (Å²) < 4.78 is 10.4. The molecule has 0 fully saturated rings. The number of pyridine rings is 1. The Bertz CT molecular complexity index is 509. The second-order valence-corrected chi connectivity index (χ2v) is 4.39. The molecule has 0 saturated carbocycles. The van der Waals surface area contributed by atoms with Gasteiger partial charge in [0.2, 0.25) is 5.88 Å². The van der Waals surface area contributed by atoms with Gasteiger partial charge in [-0.15, -0.1) is 0 Å². The topological polar surface area (TPSA) is 43.4 Å². The Balaban J connectivity index is 1.79. The zero-order valence-corrected chi connectivity index (χ0v) is 11.9. The molecule has 4 heteroatoms. The molecule has 1 N–H and O–H groups in total. The summed E-state index contributed by atoms with van der Waals surface area (Å²) in [7, 11) is 1.62. The van der Waals surface area contributed by atoms with Crippen LogP contribution in [-0.4, -0.2) is 18.7 Å². The highest BCUT2D eigenvalue weighted by molar-refractivity contribution is 5.27. The van der Waals surface area contributed by atoms with E-state index in [1.165, 1.54) is 5.56 Å². The average molecular weight is 272 g/mol. The fourth-order valence-electron chi connectivity index (χ4n) is 1.86. The summed E-state index contributed by atoms with van der Waals surface area (Å²) in [6.07, 6.45) is 1.82. The van der Waals surface area contributed by atoms with E-state index in [1.54, 1.807) is 7.11 Å². The highest BCUT2D eigenvalue weighted by Gasteiger charge is 1.97. The summed E-state index contributed by atoms with van der Waals surface area (Å²) in [5, 5.41) is 3.39. The number of hydrogen-bond donors (Lipinski definition) is 1. The molecule has 1 aromatic heterocycles. The molecule has 0 spiro atoms. The van der Waals surface area contributed by atoms with Crippen molar-refractivity contribution in [1.82, 2.24) is 10.3 Å². The third-order valence-corrected chi connectivity index (χ3v) is 2.90. The van der Waals surface area contributed by atoms with E-state index in [-0.39, 0.29) is 0 Å². The van der Waals surface area contributed by atoms with Gasteiger partial charge in [-0.1, -0.05) is 18.2 Å². The van der Waals surface area contributed by atoms with Crippen LogP contribution in [-0.2, 0) is 13.1 Å². The molecule has 0 aliphatic heterocycles. The highest BCUT2D eigenvalue weighted by atomic mass is 16.5. The Morgan fingerprint density at radius 1 is 1.00 bits per heavy atom. The largest absolute Gasteiger partial charge is 0.494 e. The standard InChI is InChI=1S/C16H20N2O2/c1-3-20-15-7-4-13(5-8-15)10-17-11-14-6-9-16(19-2)18-12-14/h4-9,12,17H,3,10-11H2,1-2H3. The molecule has 0 saturated heterocycles. The second kappa shape index (κ2) is 7.50. The van der Waals surface area contributed by atoms with E-state index < -0.39 is 0 Å². The van der Waals surface area contributed by atoms with Crippen LogP contribution < -0.4 is 14.8 Å². The van der Waals surface area contributed by atoms with Crippen LogP contribution in [0.1, 0.15) is 18.1 Å². The first-order valence-electron chi connectivity index (χ1n) is 6.73. The van der Waals surface area contributed by atoms with Crippen molar-refractivity contribution >= 4 is 0 Å². The molecule has 0 bridgehead atoms. The molecule has 0 amide bonds. The van der Waals surface area contributed by atoms with Gasteiger partial charge in [-0.2, -0.15) is 0 Å². The fourth-order valence-corrected chi connectivity index (χ4v) is 1.86. The van der Waals surface area contributed by atoms with Crippen LogP contribution in [0.25, 0.3) is 0 Å².